The Kier molecular flexibility index (Phi) is 1.19. The van der Waals surface area contributed by atoms with Crippen molar-refractivity contribution in [2.75, 3.05) is 6.61 Å². The summed E-state index contributed by atoms with van der Waals surface area (Å²) in [7, 11) is 0. The molecule has 1 rings (SSSR count). The second-order valence-electron chi connectivity index (χ2n) is 1.74. The molecule has 0 radical (unpaired) electrons. The van der Waals surface area contributed by atoms with Crippen LogP contribution in [-0.2, 0) is 9.53 Å². The van der Waals surface area contributed by atoms with Gasteiger partial charge < -0.3 is 15.6 Å². The van der Waals surface area contributed by atoms with E-state index in [1.54, 1.807) is 0 Å². The van der Waals surface area contributed by atoms with Crippen molar-refractivity contribution in [1.82, 2.24) is 0 Å². The van der Waals surface area contributed by atoms with Gasteiger partial charge in [-0.1, -0.05) is 0 Å². The van der Waals surface area contributed by atoms with Gasteiger partial charge in [0, 0.05) is 0 Å². The highest BCUT2D eigenvalue weighted by Gasteiger charge is 2.34. The lowest BCUT2D eigenvalue weighted by Crippen LogP contribution is -2.35. The quantitative estimate of drug-likeness (QED) is 0.445. The number of carboxylic acid groups (broad SMARTS) is 1. The predicted molar refractivity (Wildman–Crippen MR) is 25.4 cm³/mol. The summed E-state index contributed by atoms with van der Waals surface area (Å²) in [4.78, 5) is 9.98. The molecular weight excluding hydrogens is 110 g/mol. The number of carbonyl (C=O) groups is 1. The van der Waals surface area contributed by atoms with Crippen molar-refractivity contribution in [2.24, 2.45) is 5.73 Å². The van der Waals surface area contributed by atoms with Crippen LogP contribution in [0.15, 0.2) is 0 Å². The molecule has 0 spiro atoms. The Balaban J connectivity index is 2.32. The van der Waals surface area contributed by atoms with Crippen molar-refractivity contribution in [3.05, 3.63) is 0 Å². The van der Waals surface area contributed by atoms with E-state index in [0.29, 0.717) is 6.61 Å². The molecule has 0 saturated carbocycles. The molecule has 4 heteroatoms. The zero-order chi connectivity index (χ0) is 6.15. The van der Waals surface area contributed by atoms with Gasteiger partial charge in [-0.2, -0.15) is 0 Å². The van der Waals surface area contributed by atoms with Gasteiger partial charge in [0.15, 0.2) is 0 Å². The Morgan fingerprint density at radius 2 is 2.50 bits per heavy atom. The summed E-state index contributed by atoms with van der Waals surface area (Å²) < 4.78 is 4.63. The molecule has 1 aliphatic heterocycles. The molecule has 2 atom stereocenters. The first kappa shape index (κ1) is 5.53. The van der Waals surface area contributed by atoms with Gasteiger partial charge >= 0.3 is 5.97 Å². The van der Waals surface area contributed by atoms with Gasteiger partial charge in [0.2, 0.25) is 0 Å². The first-order valence-corrected chi connectivity index (χ1v) is 2.32. The van der Waals surface area contributed by atoms with Crippen LogP contribution in [0.1, 0.15) is 0 Å². The number of rotatable bonds is 2. The predicted octanol–water partition coefficient (Wildman–Crippen LogP) is -1.20. The molecule has 0 aromatic heterocycles. The fraction of sp³-hybridized carbons (Fsp3) is 0.750. The zero-order valence-electron chi connectivity index (χ0n) is 4.20. The van der Waals surface area contributed by atoms with Crippen LogP contribution in [0.2, 0.25) is 0 Å². The fourth-order valence-electron chi connectivity index (χ4n) is 0.422. The Bertz CT molecular complexity index is 110. The monoisotopic (exact) mass is 117 g/mol. The maximum Gasteiger partial charge on any atom is 0.323 e. The lowest BCUT2D eigenvalue weighted by Gasteiger charge is -1.97. The van der Waals surface area contributed by atoms with E-state index in [9.17, 15) is 4.79 Å². The van der Waals surface area contributed by atoms with Crippen LogP contribution in [0.4, 0.5) is 0 Å². The van der Waals surface area contributed by atoms with Gasteiger partial charge in [0.05, 0.1) is 6.61 Å². The number of epoxide rings is 1. The van der Waals surface area contributed by atoms with Crippen LogP contribution in [0.5, 0.6) is 0 Å². The van der Waals surface area contributed by atoms with Gasteiger partial charge in [0.25, 0.3) is 0 Å². The number of carboxylic acids is 1. The van der Waals surface area contributed by atoms with Crippen LogP contribution < -0.4 is 5.73 Å². The van der Waals surface area contributed by atoms with Crippen LogP contribution in [-0.4, -0.2) is 29.8 Å². The maximum absolute atomic E-state index is 9.98. The third kappa shape index (κ3) is 0.962. The van der Waals surface area contributed by atoms with Gasteiger partial charge in [-0.05, 0) is 0 Å². The minimum absolute atomic E-state index is 0.229. The normalized spacial score (nSPS) is 29.4. The van der Waals surface area contributed by atoms with E-state index in [4.69, 9.17) is 10.8 Å². The molecule has 1 fully saturated rings. The van der Waals surface area contributed by atoms with Crippen LogP contribution in [0.3, 0.4) is 0 Å². The summed E-state index contributed by atoms with van der Waals surface area (Å²) in [5, 5.41) is 8.19. The van der Waals surface area contributed by atoms with Crippen molar-refractivity contribution in [3.8, 4) is 0 Å². The summed E-state index contributed by atoms with van der Waals surface area (Å²) in [6.07, 6.45) is -0.229. The summed E-state index contributed by atoms with van der Waals surface area (Å²) in [6.45, 7) is 0.494. The summed E-state index contributed by atoms with van der Waals surface area (Å²) in [5.41, 5.74) is 5.10. The Labute approximate surface area is 46.2 Å². The molecule has 0 unspecified atom stereocenters. The molecule has 8 heavy (non-hydrogen) atoms. The average molecular weight is 117 g/mol. The fourth-order valence-corrected chi connectivity index (χ4v) is 0.422. The highest BCUT2D eigenvalue weighted by Crippen LogP contribution is 2.11. The van der Waals surface area contributed by atoms with Crippen LogP contribution >= 0.6 is 0 Å². The molecule has 0 aromatic rings. The summed E-state index contributed by atoms with van der Waals surface area (Å²) >= 11 is 0. The Morgan fingerprint density at radius 1 is 2.00 bits per heavy atom. The minimum atomic E-state index is -0.993. The van der Waals surface area contributed by atoms with E-state index in [0.717, 1.165) is 0 Å². The van der Waals surface area contributed by atoms with Gasteiger partial charge in [-0.25, -0.2) is 0 Å². The zero-order valence-corrected chi connectivity index (χ0v) is 4.20. The topological polar surface area (TPSA) is 75.9 Å². The number of aliphatic carboxylic acids is 1. The number of hydrogen-bond donors (Lipinski definition) is 2. The molecule has 3 N–H and O–H groups in total. The largest absolute Gasteiger partial charge is 0.480 e. The van der Waals surface area contributed by atoms with Crippen molar-refractivity contribution in [1.29, 1.82) is 0 Å². The van der Waals surface area contributed by atoms with Gasteiger partial charge in [-0.3, -0.25) is 4.79 Å². The lowest BCUT2D eigenvalue weighted by atomic mass is 10.2. The van der Waals surface area contributed by atoms with Gasteiger partial charge in [-0.15, -0.1) is 0 Å². The number of ether oxygens (including phenoxy) is 1. The summed E-state index contributed by atoms with van der Waals surface area (Å²) in [6, 6.07) is -0.824. The molecule has 4 nitrogen and oxygen atoms in total. The molecule has 0 aromatic carbocycles. The smallest absolute Gasteiger partial charge is 0.323 e. The maximum atomic E-state index is 9.98. The molecular formula is C4H7NO3. The highest BCUT2D eigenvalue weighted by molar-refractivity contribution is 5.74. The minimum Gasteiger partial charge on any atom is -0.480 e. The van der Waals surface area contributed by atoms with E-state index in [-0.39, 0.29) is 6.10 Å². The van der Waals surface area contributed by atoms with Crippen molar-refractivity contribution < 1.29 is 14.6 Å². The second-order valence-corrected chi connectivity index (χ2v) is 1.74. The van der Waals surface area contributed by atoms with E-state index in [1.165, 1.54) is 0 Å². The standard InChI is InChI=1S/C4H7NO3/c5-3(4(6)7)2-1-8-2/h2-3H,1,5H2,(H,6,7)/t2-,3-/m0/s1. The molecule has 1 saturated heterocycles. The number of nitrogens with two attached hydrogens (primary N) is 1. The third-order valence-electron chi connectivity index (χ3n) is 1.04. The second kappa shape index (κ2) is 1.72. The first-order chi connectivity index (χ1) is 3.72. The average Bonchev–Trinajstić information content (AvgIpc) is 2.43. The number of hydrogen-bond acceptors (Lipinski definition) is 3. The van der Waals surface area contributed by atoms with Crippen LogP contribution in [0.25, 0.3) is 0 Å². The van der Waals surface area contributed by atoms with E-state index < -0.39 is 12.0 Å². The molecule has 0 bridgehead atoms. The van der Waals surface area contributed by atoms with Gasteiger partial charge in [0.1, 0.15) is 12.1 Å². The van der Waals surface area contributed by atoms with Crippen LogP contribution in [0, 0.1) is 0 Å². The molecule has 1 aliphatic rings. The van der Waals surface area contributed by atoms with Crippen molar-refractivity contribution >= 4 is 5.97 Å². The van der Waals surface area contributed by atoms with E-state index in [2.05, 4.69) is 4.74 Å². The highest BCUT2D eigenvalue weighted by atomic mass is 16.6. The summed E-state index contributed by atoms with van der Waals surface area (Å²) in [5.74, 6) is -0.993. The molecule has 1 heterocycles. The molecule has 0 aliphatic carbocycles. The van der Waals surface area contributed by atoms with Crippen molar-refractivity contribution in [2.45, 2.75) is 12.1 Å². The molecule has 0 amide bonds. The lowest BCUT2D eigenvalue weighted by molar-refractivity contribution is -0.138. The van der Waals surface area contributed by atoms with Crippen molar-refractivity contribution in [3.63, 3.8) is 0 Å². The van der Waals surface area contributed by atoms with E-state index in [1.807, 2.05) is 0 Å². The van der Waals surface area contributed by atoms with E-state index >= 15 is 0 Å². The Morgan fingerprint density at radius 3 is 2.62 bits per heavy atom. The molecule has 46 valence electrons. The first-order valence-electron chi connectivity index (χ1n) is 2.32. The Hall–Kier alpha value is -0.610. The SMILES string of the molecule is N[C@H](C(=O)O)[C@@H]1CO1. The third-order valence-corrected chi connectivity index (χ3v) is 1.04.